The van der Waals surface area contributed by atoms with Gasteiger partial charge in [0.2, 0.25) is 11.8 Å². The summed E-state index contributed by atoms with van der Waals surface area (Å²) in [4.78, 5) is 47.7. The van der Waals surface area contributed by atoms with Crippen LogP contribution in [0, 0.1) is 0 Å². The van der Waals surface area contributed by atoms with Crippen molar-refractivity contribution < 1.29 is 23.9 Å². The lowest BCUT2D eigenvalue weighted by molar-refractivity contribution is -0.121. The monoisotopic (exact) mass is 454 g/mol. The summed E-state index contributed by atoms with van der Waals surface area (Å²) in [5.41, 5.74) is 1.21. The third-order valence-electron chi connectivity index (χ3n) is 4.17. The maximum absolute atomic E-state index is 12.1. The summed E-state index contributed by atoms with van der Waals surface area (Å²) >= 11 is 0. The summed E-state index contributed by atoms with van der Waals surface area (Å²) in [6.45, 7) is 5.54. The highest BCUT2D eigenvalue weighted by molar-refractivity contribution is 5.99. The SMILES string of the molecule is CC(C)(C)OC(=O)NCCC(=O)NCc1cccc(NC(=O)CNC(=O)c2ccccc2)c1. The summed E-state index contributed by atoms with van der Waals surface area (Å²) in [6.07, 6.45) is -0.463. The topological polar surface area (TPSA) is 126 Å². The quantitative estimate of drug-likeness (QED) is 0.463. The van der Waals surface area contributed by atoms with Crippen molar-refractivity contribution in [2.45, 2.75) is 39.3 Å². The molecule has 0 aliphatic rings. The normalized spacial score (nSPS) is 10.6. The lowest BCUT2D eigenvalue weighted by Gasteiger charge is -2.19. The van der Waals surface area contributed by atoms with Crippen molar-refractivity contribution in [2.75, 3.05) is 18.4 Å². The van der Waals surface area contributed by atoms with Gasteiger partial charge in [-0.3, -0.25) is 14.4 Å². The third-order valence-corrected chi connectivity index (χ3v) is 4.17. The van der Waals surface area contributed by atoms with Crippen LogP contribution in [0.5, 0.6) is 0 Å². The zero-order chi connectivity index (χ0) is 24.3. The Hall–Kier alpha value is -3.88. The standard InChI is InChI=1S/C24H30N4O5/c1-24(2,3)33-23(32)25-13-12-20(29)26-15-17-8-7-11-19(14-17)28-21(30)16-27-22(31)18-9-5-4-6-10-18/h4-11,14H,12-13,15-16H2,1-3H3,(H,25,32)(H,26,29)(H,27,31)(H,28,30). The molecular formula is C24H30N4O5. The Labute approximate surface area is 193 Å². The van der Waals surface area contributed by atoms with Gasteiger partial charge in [-0.1, -0.05) is 30.3 Å². The van der Waals surface area contributed by atoms with Gasteiger partial charge in [0.15, 0.2) is 0 Å². The fourth-order valence-corrected chi connectivity index (χ4v) is 2.70. The van der Waals surface area contributed by atoms with Gasteiger partial charge in [0.1, 0.15) is 5.60 Å². The molecule has 4 amide bonds. The molecule has 0 unspecified atom stereocenters. The van der Waals surface area contributed by atoms with E-state index in [4.69, 9.17) is 4.74 Å². The second-order valence-corrected chi connectivity index (χ2v) is 8.25. The number of alkyl carbamates (subject to hydrolysis) is 1. The highest BCUT2D eigenvalue weighted by Gasteiger charge is 2.16. The van der Waals surface area contributed by atoms with Crippen LogP contribution in [0.25, 0.3) is 0 Å². The van der Waals surface area contributed by atoms with Gasteiger partial charge >= 0.3 is 6.09 Å². The number of carbonyl (C=O) groups is 4. The Morgan fingerprint density at radius 2 is 1.58 bits per heavy atom. The summed E-state index contributed by atoms with van der Waals surface area (Å²) in [7, 11) is 0. The highest BCUT2D eigenvalue weighted by atomic mass is 16.6. The number of amides is 4. The molecule has 0 aliphatic heterocycles. The van der Waals surface area contributed by atoms with Crippen molar-refractivity contribution in [3.8, 4) is 0 Å². The second-order valence-electron chi connectivity index (χ2n) is 8.25. The largest absolute Gasteiger partial charge is 0.444 e. The molecule has 0 heterocycles. The predicted molar refractivity (Wildman–Crippen MR) is 125 cm³/mol. The molecule has 2 rings (SSSR count). The number of hydrogen-bond acceptors (Lipinski definition) is 5. The van der Waals surface area contributed by atoms with Crippen LogP contribution in [0.4, 0.5) is 10.5 Å². The number of ether oxygens (including phenoxy) is 1. The lowest BCUT2D eigenvalue weighted by Crippen LogP contribution is -2.35. The van der Waals surface area contributed by atoms with Crippen molar-refractivity contribution in [2.24, 2.45) is 0 Å². The number of carbonyl (C=O) groups excluding carboxylic acids is 4. The smallest absolute Gasteiger partial charge is 0.407 e. The second kappa shape index (κ2) is 12.2. The van der Waals surface area contributed by atoms with E-state index < -0.39 is 11.7 Å². The van der Waals surface area contributed by atoms with E-state index in [0.29, 0.717) is 11.3 Å². The summed E-state index contributed by atoms with van der Waals surface area (Å²) in [5, 5.41) is 10.6. The van der Waals surface area contributed by atoms with Crippen LogP contribution in [0.2, 0.25) is 0 Å². The summed E-state index contributed by atoms with van der Waals surface area (Å²) < 4.78 is 5.11. The average molecular weight is 455 g/mol. The van der Waals surface area contributed by atoms with E-state index in [9.17, 15) is 19.2 Å². The van der Waals surface area contributed by atoms with E-state index in [2.05, 4.69) is 21.3 Å². The Morgan fingerprint density at radius 3 is 2.27 bits per heavy atom. The van der Waals surface area contributed by atoms with Crippen molar-refractivity contribution in [1.29, 1.82) is 0 Å². The average Bonchev–Trinajstić information content (AvgIpc) is 2.75. The molecule has 0 radical (unpaired) electrons. The first kappa shape index (κ1) is 25.4. The first-order valence-electron chi connectivity index (χ1n) is 10.6. The van der Waals surface area contributed by atoms with Gasteiger partial charge in [-0.25, -0.2) is 4.79 Å². The van der Waals surface area contributed by atoms with Crippen molar-refractivity contribution in [3.63, 3.8) is 0 Å². The first-order valence-corrected chi connectivity index (χ1v) is 10.6. The van der Waals surface area contributed by atoms with Gasteiger partial charge in [0.05, 0.1) is 6.54 Å². The first-order chi connectivity index (χ1) is 15.6. The molecule has 0 bridgehead atoms. The maximum atomic E-state index is 12.1. The fourth-order valence-electron chi connectivity index (χ4n) is 2.70. The molecule has 2 aromatic carbocycles. The van der Waals surface area contributed by atoms with Crippen LogP contribution in [-0.4, -0.2) is 42.5 Å². The Bertz CT molecular complexity index is 970. The molecule has 0 atom stereocenters. The fraction of sp³-hybridized carbons (Fsp3) is 0.333. The lowest BCUT2D eigenvalue weighted by atomic mass is 10.2. The molecule has 0 aliphatic carbocycles. The van der Waals surface area contributed by atoms with Crippen LogP contribution < -0.4 is 21.3 Å². The van der Waals surface area contributed by atoms with E-state index in [0.717, 1.165) is 5.56 Å². The zero-order valence-corrected chi connectivity index (χ0v) is 19.1. The minimum absolute atomic E-state index is 0.108. The predicted octanol–water partition coefficient (Wildman–Crippen LogP) is 2.59. The molecule has 0 fully saturated rings. The number of rotatable bonds is 9. The van der Waals surface area contributed by atoms with E-state index >= 15 is 0 Å². The molecule has 9 nitrogen and oxygen atoms in total. The molecule has 2 aromatic rings. The number of hydrogen-bond donors (Lipinski definition) is 4. The van der Waals surface area contributed by atoms with Crippen LogP contribution >= 0.6 is 0 Å². The van der Waals surface area contributed by atoms with Crippen LogP contribution in [-0.2, 0) is 20.9 Å². The molecular weight excluding hydrogens is 424 g/mol. The van der Waals surface area contributed by atoms with Gasteiger partial charge in [-0.15, -0.1) is 0 Å². The van der Waals surface area contributed by atoms with Crippen molar-refractivity contribution in [3.05, 3.63) is 65.7 Å². The summed E-state index contributed by atoms with van der Waals surface area (Å²) in [6, 6.07) is 15.6. The molecule has 0 saturated carbocycles. The van der Waals surface area contributed by atoms with E-state index in [1.807, 2.05) is 6.07 Å². The number of anilines is 1. The minimum atomic E-state index is -0.597. The molecule has 0 spiro atoms. The Kier molecular flexibility index (Phi) is 9.41. The Balaban J connectivity index is 1.72. The minimum Gasteiger partial charge on any atom is -0.444 e. The van der Waals surface area contributed by atoms with Gasteiger partial charge in [-0.05, 0) is 50.6 Å². The van der Waals surface area contributed by atoms with Crippen LogP contribution in [0.15, 0.2) is 54.6 Å². The number of nitrogens with one attached hydrogen (secondary N) is 4. The molecule has 33 heavy (non-hydrogen) atoms. The van der Waals surface area contributed by atoms with Gasteiger partial charge in [-0.2, -0.15) is 0 Å². The van der Waals surface area contributed by atoms with Crippen LogP contribution in [0.1, 0.15) is 43.1 Å². The number of benzene rings is 2. The molecule has 0 saturated heterocycles. The Morgan fingerprint density at radius 1 is 0.848 bits per heavy atom. The highest BCUT2D eigenvalue weighted by Crippen LogP contribution is 2.10. The maximum Gasteiger partial charge on any atom is 0.407 e. The molecule has 4 N–H and O–H groups in total. The molecule has 9 heteroatoms. The van der Waals surface area contributed by atoms with E-state index in [-0.39, 0.29) is 43.8 Å². The molecule has 176 valence electrons. The van der Waals surface area contributed by atoms with E-state index in [1.54, 1.807) is 69.3 Å². The molecule has 0 aromatic heterocycles. The van der Waals surface area contributed by atoms with Gasteiger partial charge in [0, 0.05) is 30.8 Å². The van der Waals surface area contributed by atoms with Crippen molar-refractivity contribution >= 4 is 29.5 Å². The zero-order valence-electron chi connectivity index (χ0n) is 19.1. The third kappa shape index (κ3) is 10.3. The van der Waals surface area contributed by atoms with Gasteiger partial charge in [0.25, 0.3) is 5.91 Å². The van der Waals surface area contributed by atoms with E-state index in [1.165, 1.54) is 0 Å². The van der Waals surface area contributed by atoms with Gasteiger partial charge < -0.3 is 26.0 Å². The van der Waals surface area contributed by atoms with Crippen LogP contribution in [0.3, 0.4) is 0 Å². The van der Waals surface area contributed by atoms with Crippen molar-refractivity contribution in [1.82, 2.24) is 16.0 Å². The summed E-state index contributed by atoms with van der Waals surface area (Å²) in [5.74, 6) is -0.929.